The molecule has 0 saturated heterocycles. The SMILES string of the molecule is CC(C)(C)C(O)CNC(=O)c1ccccc1NC(=O)c1cccs1. The van der Waals surface area contributed by atoms with E-state index in [1.165, 1.54) is 11.3 Å². The van der Waals surface area contributed by atoms with Gasteiger partial charge in [-0.3, -0.25) is 9.59 Å². The number of benzene rings is 1. The van der Waals surface area contributed by atoms with Crippen molar-refractivity contribution in [2.75, 3.05) is 11.9 Å². The van der Waals surface area contributed by atoms with Crippen molar-refractivity contribution < 1.29 is 14.7 Å². The van der Waals surface area contributed by atoms with E-state index >= 15 is 0 Å². The van der Waals surface area contributed by atoms with Crippen LogP contribution >= 0.6 is 11.3 Å². The second-order valence-corrected chi connectivity index (χ2v) is 7.52. The fraction of sp³-hybridized carbons (Fsp3) is 0.333. The molecule has 2 aromatic rings. The van der Waals surface area contributed by atoms with Crippen molar-refractivity contribution in [2.45, 2.75) is 26.9 Å². The summed E-state index contributed by atoms with van der Waals surface area (Å²) in [5.41, 5.74) is 0.488. The molecule has 0 fully saturated rings. The molecule has 1 atom stereocenters. The molecule has 1 aromatic heterocycles. The van der Waals surface area contributed by atoms with Crippen molar-refractivity contribution >= 4 is 28.8 Å². The molecule has 128 valence electrons. The van der Waals surface area contributed by atoms with Gasteiger partial charge in [0.25, 0.3) is 11.8 Å². The molecule has 0 radical (unpaired) electrons. The summed E-state index contributed by atoms with van der Waals surface area (Å²) >= 11 is 1.34. The van der Waals surface area contributed by atoms with Crippen molar-refractivity contribution in [1.29, 1.82) is 0 Å². The van der Waals surface area contributed by atoms with Crippen molar-refractivity contribution in [3.63, 3.8) is 0 Å². The first-order valence-electron chi connectivity index (χ1n) is 7.69. The molecule has 0 aliphatic carbocycles. The van der Waals surface area contributed by atoms with Crippen LogP contribution in [0.1, 0.15) is 40.8 Å². The highest BCUT2D eigenvalue weighted by molar-refractivity contribution is 7.12. The maximum atomic E-state index is 12.4. The standard InChI is InChI=1S/C18H22N2O3S/c1-18(2,3)15(21)11-19-16(22)12-7-4-5-8-13(12)20-17(23)14-9-6-10-24-14/h4-10,15,21H,11H2,1-3H3,(H,19,22)(H,20,23). The molecule has 24 heavy (non-hydrogen) atoms. The second kappa shape index (κ2) is 7.59. The summed E-state index contributed by atoms with van der Waals surface area (Å²) in [5, 5.41) is 17.3. The minimum Gasteiger partial charge on any atom is -0.391 e. The zero-order valence-corrected chi connectivity index (χ0v) is 14.8. The number of carbonyl (C=O) groups excluding carboxylic acids is 2. The molecular weight excluding hydrogens is 324 g/mol. The van der Waals surface area contributed by atoms with Crippen LogP contribution in [-0.2, 0) is 0 Å². The van der Waals surface area contributed by atoms with Gasteiger partial charge in [-0.15, -0.1) is 11.3 Å². The second-order valence-electron chi connectivity index (χ2n) is 6.57. The first kappa shape index (κ1) is 18.2. The molecule has 1 unspecified atom stereocenters. The highest BCUT2D eigenvalue weighted by Gasteiger charge is 2.23. The Balaban J connectivity index is 2.08. The van der Waals surface area contributed by atoms with Gasteiger partial charge >= 0.3 is 0 Å². The van der Waals surface area contributed by atoms with E-state index in [1.807, 2.05) is 26.2 Å². The Labute approximate surface area is 145 Å². The molecule has 0 aliphatic rings. The number of para-hydroxylation sites is 1. The Morgan fingerprint density at radius 1 is 1.12 bits per heavy atom. The number of aliphatic hydroxyl groups excluding tert-OH is 1. The van der Waals surface area contributed by atoms with Crippen LogP contribution in [0.4, 0.5) is 5.69 Å². The van der Waals surface area contributed by atoms with Gasteiger partial charge in [-0.1, -0.05) is 39.0 Å². The van der Waals surface area contributed by atoms with Crippen LogP contribution in [0.25, 0.3) is 0 Å². The third-order valence-corrected chi connectivity index (χ3v) is 4.49. The van der Waals surface area contributed by atoms with E-state index in [-0.39, 0.29) is 23.8 Å². The van der Waals surface area contributed by atoms with E-state index < -0.39 is 6.10 Å². The van der Waals surface area contributed by atoms with Gasteiger partial charge in [-0.25, -0.2) is 0 Å². The van der Waals surface area contributed by atoms with Gasteiger partial charge < -0.3 is 15.7 Å². The van der Waals surface area contributed by atoms with Crippen molar-refractivity contribution in [2.24, 2.45) is 5.41 Å². The van der Waals surface area contributed by atoms with Crippen LogP contribution in [0.2, 0.25) is 0 Å². The summed E-state index contributed by atoms with van der Waals surface area (Å²) in [6.45, 7) is 5.85. The van der Waals surface area contributed by atoms with Crippen molar-refractivity contribution in [1.82, 2.24) is 5.32 Å². The molecular formula is C18H22N2O3S. The average molecular weight is 346 g/mol. The summed E-state index contributed by atoms with van der Waals surface area (Å²) < 4.78 is 0. The number of nitrogens with one attached hydrogen (secondary N) is 2. The molecule has 1 aromatic carbocycles. The molecule has 0 bridgehead atoms. The summed E-state index contributed by atoms with van der Waals surface area (Å²) in [4.78, 5) is 25.1. The molecule has 1 heterocycles. The minimum atomic E-state index is -0.658. The first-order chi connectivity index (χ1) is 11.3. The summed E-state index contributed by atoms with van der Waals surface area (Å²) in [6.07, 6.45) is -0.658. The van der Waals surface area contributed by atoms with Crippen molar-refractivity contribution in [3.8, 4) is 0 Å². The summed E-state index contributed by atoms with van der Waals surface area (Å²) in [5.74, 6) is -0.583. The maximum Gasteiger partial charge on any atom is 0.265 e. The quantitative estimate of drug-likeness (QED) is 0.778. The molecule has 0 saturated carbocycles. The van der Waals surface area contributed by atoms with Crippen LogP contribution in [0.3, 0.4) is 0 Å². The lowest BCUT2D eigenvalue weighted by molar-refractivity contribution is 0.0587. The highest BCUT2D eigenvalue weighted by atomic mass is 32.1. The van der Waals surface area contributed by atoms with E-state index in [2.05, 4.69) is 10.6 Å². The Hall–Kier alpha value is -2.18. The number of hydrogen-bond donors (Lipinski definition) is 3. The zero-order chi connectivity index (χ0) is 17.7. The number of amides is 2. The predicted octanol–water partition coefficient (Wildman–Crippen LogP) is 3.14. The smallest absolute Gasteiger partial charge is 0.265 e. The van der Waals surface area contributed by atoms with Crippen LogP contribution < -0.4 is 10.6 Å². The van der Waals surface area contributed by atoms with Crippen molar-refractivity contribution in [3.05, 3.63) is 52.2 Å². The average Bonchev–Trinajstić information content (AvgIpc) is 3.06. The van der Waals surface area contributed by atoms with E-state index in [0.29, 0.717) is 16.1 Å². The van der Waals surface area contributed by atoms with E-state index in [4.69, 9.17) is 0 Å². The van der Waals surface area contributed by atoms with Gasteiger partial charge in [0.1, 0.15) is 0 Å². The van der Waals surface area contributed by atoms with Gasteiger partial charge in [-0.2, -0.15) is 0 Å². The van der Waals surface area contributed by atoms with E-state index in [1.54, 1.807) is 36.4 Å². The van der Waals surface area contributed by atoms with E-state index in [0.717, 1.165) is 0 Å². The molecule has 0 spiro atoms. The Bertz CT molecular complexity index is 705. The third kappa shape index (κ3) is 4.66. The normalized spacial score (nSPS) is 12.5. The number of thiophene rings is 1. The number of carbonyl (C=O) groups is 2. The molecule has 2 rings (SSSR count). The lowest BCUT2D eigenvalue weighted by Crippen LogP contribution is -2.39. The highest BCUT2D eigenvalue weighted by Crippen LogP contribution is 2.20. The van der Waals surface area contributed by atoms with Crippen LogP contribution in [0.15, 0.2) is 41.8 Å². The number of hydrogen-bond acceptors (Lipinski definition) is 4. The van der Waals surface area contributed by atoms with Crippen LogP contribution in [0, 0.1) is 5.41 Å². The van der Waals surface area contributed by atoms with Gasteiger partial charge in [0, 0.05) is 6.54 Å². The Kier molecular flexibility index (Phi) is 5.75. The predicted molar refractivity (Wildman–Crippen MR) is 96.5 cm³/mol. The lowest BCUT2D eigenvalue weighted by atomic mass is 9.89. The fourth-order valence-electron chi connectivity index (χ4n) is 1.97. The van der Waals surface area contributed by atoms with Gasteiger partial charge in [0.05, 0.1) is 22.2 Å². The van der Waals surface area contributed by atoms with Crippen LogP contribution in [-0.4, -0.2) is 29.6 Å². The largest absolute Gasteiger partial charge is 0.391 e. The molecule has 0 aliphatic heterocycles. The zero-order valence-electron chi connectivity index (χ0n) is 14.0. The summed E-state index contributed by atoms with van der Waals surface area (Å²) in [6, 6.07) is 10.3. The van der Waals surface area contributed by atoms with Crippen LogP contribution in [0.5, 0.6) is 0 Å². The van der Waals surface area contributed by atoms with Gasteiger partial charge in [0.15, 0.2) is 0 Å². The number of aliphatic hydroxyl groups is 1. The maximum absolute atomic E-state index is 12.4. The number of anilines is 1. The lowest BCUT2D eigenvalue weighted by Gasteiger charge is -2.26. The monoisotopic (exact) mass is 346 g/mol. The molecule has 5 nitrogen and oxygen atoms in total. The molecule has 2 amide bonds. The Morgan fingerprint density at radius 2 is 1.83 bits per heavy atom. The topological polar surface area (TPSA) is 78.4 Å². The van der Waals surface area contributed by atoms with Gasteiger partial charge in [0.2, 0.25) is 0 Å². The molecule has 6 heteroatoms. The third-order valence-electron chi connectivity index (χ3n) is 3.62. The summed E-state index contributed by atoms with van der Waals surface area (Å²) in [7, 11) is 0. The Morgan fingerprint density at radius 3 is 2.46 bits per heavy atom. The number of rotatable bonds is 5. The van der Waals surface area contributed by atoms with Gasteiger partial charge in [-0.05, 0) is 29.0 Å². The fourth-order valence-corrected chi connectivity index (χ4v) is 2.59. The molecule has 3 N–H and O–H groups in total. The minimum absolute atomic E-state index is 0.148. The first-order valence-corrected chi connectivity index (χ1v) is 8.57. The van der Waals surface area contributed by atoms with E-state index in [9.17, 15) is 14.7 Å².